The van der Waals surface area contributed by atoms with Crippen LogP contribution in [0, 0.1) is 13.8 Å². The Bertz CT molecular complexity index is 826. The highest BCUT2D eigenvalue weighted by Gasteiger charge is 2.24. The molecule has 1 aromatic heterocycles. The molecular formula is C24H38N6. The second-order valence-corrected chi connectivity index (χ2v) is 8.49. The lowest BCUT2D eigenvalue weighted by Crippen LogP contribution is -2.44. The van der Waals surface area contributed by atoms with Crippen LogP contribution < -0.4 is 10.6 Å². The second kappa shape index (κ2) is 10.6. The molecule has 0 aliphatic carbocycles. The molecule has 0 spiro atoms. The molecule has 1 saturated heterocycles. The van der Waals surface area contributed by atoms with Gasteiger partial charge in [0.15, 0.2) is 5.96 Å². The van der Waals surface area contributed by atoms with Crippen molar-refractivity contribution in [2.45, 2.75) is 65.6 Å². The lowest BCUT2D eigenvalue weighted by atomic mass is 10.1. The molecule has 0 radical (unpaired) electrons. The zero-order valence-electron chi connectivity index (χ0n) is 19.3. The van der Waals surface area contributed by atoms with Crippen LogP contribution in [0.5, 0.6) is 0 Å². The topological polar surface area (TPSA) is 57.5 Å². The fourth-order valence-corrected chi connectivity index (χ4v) is 4.35. The van der Waals surface area contributed by atoms with E-state index in [-0.39, 0.29) is 6.04 Å². The van der Waals surface area contributed by atoms with Crippen LogP contribution in [-0.2, 0) is 20.0 Å². The molecule has 2 N–H and O–H groups in total. The number of nitrogens with zero attached hydrogens (tertiary/aromatic N) is 4. The Balaban J connectivity index is 1.59. The Morgan fingerprint density at radius 2 is 2.03 bits per heavy atom. The van der Waals surface area contributed by atoms with E-state index in [1.807, 2.05) is 11.7 Å². The quantitative estimate of drug-likeness (QED) is 0.518. The third-order valence-corrected chi connectivity index (χ3v) is 6.08. The summed E-state index contributed by atoms with van der Waals surface area (Å²) < 4.78 is 1.97. The van der Waals surface area contributed by atoms with E-state index in [4.69, 9.17) is 4.99 Å². The van der Waals surface area contributed by atoms with Gasteiger partial charge >= 0.3 is 0 Å². The predicted octanol–water partition coefficient (Wildman–Crippen LogP) is 3.19. The molecule has 2 atom stereocenters. The van der Waals surface area contributed by atoms with Crippen molar-refractivity contribution < 1.29 is 0 Å². The Hall–Kier alpha value is -2.34. The van der Waals surface area contributed by atoms with Crippen molar-refractivity contribution in [3.63, 3.8) is 0 Å². The summed E-state index contributed by atoms with van der Waals surface area (Å²) in [6.07, 6.45) is 3.42. The van der Waals surface area contributed by atoms with Crippen molar-refractivity contribution in [2.24, 2.45) is 12.0 Å². The third-order valence-electron chi connectivity index (χ3n) is 6.08. The Morgan fingerprint density at radius 1 is 1.27 bits per heavy atom. The Kier molecular flexibility index (Phi) is 7.91. The van der Waals surface area contributed by atoms with Crippen LogP contribution in [0.3, 0.4) is 0 Å². The Labute approximate surface area is 181 Å². The molecule has 2 aromatic rings. The lowest BCUT2D eigenvalue weighted by molar-refractivity contribution is 0.250. The number of rotatable bonds is 8. The van der Waals surface area contributed by atoms with Gasteiger partial charge in [-0.15, -0.1) is 0 Å². The van der Waals surface area contributed by atoms with E-state index in [2.05, 4.69) is 78.7 Å². The largest absolute Gasteiger partial charge is 0.357 e. The maximum atomic E-state index is 4.95. The van der Waals surface area contributed by atoms with E-state index in [0.717, 1.165) is 44.3 Å². The monoisotopic (exact) mass is 410 g/mol. The fourth-order valence-electron chi connectivity index (χ4n) is 4.35. The van der Waals surface area contributed by atoms with E-state index in [9.17, 15) is 0 Å². The van der Waals surface area contributed by atoms with Crippen LogP contribution >= 0.6 is 0 Å². The highest BCUT2D eigenvalue weighted by atomic mass is 15.3. The summed E-state index contributed by atoms with van der Waals surface area (Å²) >= 11 is 0. The summed E-state index contributed by atoms with van der Waals surface area (Å²) in [7, 11) is 2.01. The maximum Gasteiger partial charge on any atom is 0.191 e. The minimum atomic E-state index is 0.286. The maximum absolute atomic E-state index is 4.95. The smallest absolute Gasteiger partial charge is 0.191 e. The lowest BCUT2D eigenvalue weighted by Gasteiger charge is -2.24. The van der Waals surface area contributed by atoms with Crippen LogP contribution in [-0.4, -0.2) is 52.4 Å². The molecule has 0 saturated carbocycles. The molecule has 6 nitrogen and oxygen atoms in total. The van der Waals surface area contributed by atoms with Gasteiger partial charge in [-0.3, -0.25) is 14.6 Å². The summed E-state index contributed by atoms with van der Waals surface area (Å²) in [6, 6.07) is 11.6. The molecule has 2 unspecified atom stereocenters. The van der Waals surface area contributed by atoms with Gasteiger partial charge in [0.2, 0.25) is 0 Å². The van der Waals surface area contributed by atoms with Gasteiger partial charge in [0, 0.05) is 37.9 Å². The first kappa shape index (κ1) is 22.3. The summed E-state index contributed by atoms with van der Waals surface area (Å²) in [5.74, 6) is 0.913. The van der Waals surface area contributed by atoms with Gasteiger partial charge in [0.1, 0.15) is 0 Å². The van der Waals surface area contributed by atoms with E-state index in [1.165, 1.54) is 29.7 Å². The van der Waals surface area contributed by atoms with Crippen molar-refractivity contribution in [3.05, 3.63) is 52.8 Å². The molecule has 6 heteroatoms. The SMILES string of the molecule is CCNC(=NCC1CCCN1Cc1ccccc1)NC(C)Cc1c(C)nn(C)c1C. The van der Waals surface area contributed by atoms with E-state index in [1.54, 1.807) is 0 Å². The van der Waals surface area contributed by atoms with Gasteiger partial charge in [-0.05, 0) is 64.6 Å². The first-order valence-corrected chi connectivity index (χ1v) is 11.3. The number of guanidine groups is 1. The van der Waals surface area contributed by atoms with Crippen LogP contribution in [0.1, 0.15) is 49.2 Å². The zero-order chi connectivity index (χ0) is 21.5. The number of likely N-dealkylation sites (tertiary alicyclic amines) is 1. The number of benzene rings is 1. The minimum Gasteiger partial charge on any atom is -0.357 e. The predicted molar refractivity (Wildman–Crippen MR) is 125 cm³/mol. The van der Waals surface area contributed by atoms with Crippen LogP contribution in [0.2, 0.25) is 0 Å². The molecule has 1 aromatic carbocycles. The van der Waals surface area contributed by atoms with Gasteiger partial charge in [-0.25, -0.2) is 0 Å². The number of nitrogens with one attached hydrogen (secondary N) is 2. The van der Waals surface area contributed by atoms with Gasteiger partial charge < -0.3 is 10.6 Å². The van der Waals surface area contributed by atoms with Crippen LogP contribution in [0.4, 0.5) is 0 Å². The first-order chi connectivity index (χ1) is 14.5. The van der Waals surface area contributed by atoms with Crippen molar-refractivity contribution in [1.82, 2.24) is 25.3 Å². The summed E-state index contributed by atoms with van der Waals surface area (Å²) in [6.45, 7) is 12.4. The molecule has 1 fully saturated rings. The fraction of sp³-hybridized carbons (Fsp3) is 0.583. The van der Waals surface area contributed by atoms with Gasteiger partial charge in [0.05, 0.1) is 12.2 Å². The molecule has 1 aliphatic rings. The molecular weight excluding hydrogens is 372 g/mol. The zero-order valence-corrected chi connectivity index (χ0v) is 19.3. The standard InChI is InChI=1S/C24H38N6/c1-6-25-24(27-18(2)15-23-19(3)28-29(5)20(23)4)26-16-22-13-10-14-30(22)17-21-11-8-7-9-12-21/h7-9,11-12,18,22H,6,10,13-17H2,1-5H3,(H2,25,26,27). The third kappa shape index (κ3) is 5.85. The minimum absolute atomic E-state index is 0.286. The summed E-state index contributed by atoms with van der Waals surface area (Å²) in [5.41, 5.74) is 5.08. The molecule has 2 heterocycles. The number of hydrogen-bond donors (Lipinski definition) is 2. The van der Waals surface area contributed by atoms with Crippen LogP contribution in [0.25, 0.3) is 0 Å². The average Bonchev–Trinajstić information content (AvgIpc) is 3.26. The number of aromatic nitrogens is 2. The molecule has 0 bridgehead atoms. The number of aryl methyl sites for hydroxylation is 2. The van der Waals surface area contributed by atoms with E-state index >= 15 is 0 Å². The van der Waals surface area contributed by atoms with E-state index < -0.39 is 0 Å². The summed E-state index contributed by atoms with van der Waals surface area (Å²) in [4.78, 5) is 7.53. The highest BCUT2D eigenvalue weighted by Crippen LogP contribution is 2.20. The first-order valence-electron chi connectivity index (χ1n) is 11.3. The number of hydrogen-bond acceptors (Lipinski definition) is 3. The normalized spacial score (nSPS) is 18.6. The van der Waals surface area contributed by atoms with Gasteiger partial charge in [-0.1, -0.05) is 30.3 Å². The number of aliphatic imine (C=N–C) groups is 1. The van der Waals surface area contributed by atoms with Crippen molar-refractivity contribution >= 4 is 5.96 Å². The summed E-state index contributed by atoms with van der Waals surface area (Å²) in [5, 5.41) is 11.6. The van der Waals surface area contributed by atoms with Crippen molar-refractivity contribution in [3.8, 4) is 0 Å². The molecule has 1 aliphatic heterocycles. The van der Waals surface area contributed by atoms with Crippen molar-refractivity contribution in [2.75, 3.05) is 19.6 Å². The van der Waals surface area contributed by atoms with Crippen LogP contribution in [0.15, 0.2) is 35.3 Å². The van der Waals surface area contributed by atoms with Gasteiger partial charge in [-0.2, -0.15) is 5.10 Å². The molecule has 0 amide bonds. The average molecular weight is 411 g/mol. The molecule has 30 heavy (non-hydrogen) atoms. The highest BCUT2D eigenvalue weighted by molar-refractivity contribution is 5.80. The molecule has 3 rings (SSSR count). The van der Waals surface area contributed by atoms with Gasteiger partial charge in [0.25, 0.3) is 0 Å². The second-order valence-electron chi connectivity index (χ2n) is 8.49. The van der Waals surface area contributed by atoms with E-state index in [0.29, 0.717) is 6.04 Å². The van der Waals surface area contributed by atoms with Crippen molar-refractivity contribution in [1.29, 1.82) is 0 Å². The Morgan fingerprint density at radius 3 is 2.70 bits per heavy atom. The molecule has 164 valence electrons.